The first-order valence-corrected chi connectivity index (χ1v) is 13.5. The second kappa shape index (κ2) is 12.1. The van der Waals surface area contributed by atoms with Crippen LogP contribution in [0.15, 0.2) is 30.3 Å². The van der Waals surface area contributed by atoms with Crippen molar-refractivity contribution in [1.29, 1.82) is 0 Å². The maximum absolute atomic E-state index is 11.5. The molecule has 2 rings (SSSR count). The third-order valence-electron chi connectivity index (χ3n) is 4.23. The Morgan fingerprint density at radius 1 is 0.941 bits per heavy atom. The largest absolute Gasteiger partial charge is 0.397 e. The summed E-state index contributed by atoms with van der Waals surface area (Å²) >= 11 is 0. The van der Waals surface area contributed by atoms with Gasteiger partial charge in [-0.05, 0) is 5.56 Å². The minimum Gasteiger partial charge on any atom is -0.368 e. The van der Waals surface area contributed by atoms with Crippen molar-refractivity contribution < 1.29 is 61.5 Å². The number of rotatable bonds is 13. The molecule has 0 saturated carbocycles. The van der Waals surface area contributed by atoms with Crippen LogP contribution in [-0.4, -0.2) is 89.3 Å². The molecule has 1 heterocycles. The lowest BCUT2D eigenvalue weighted by atomic mass is 9.97. The van der Waals surface area contributed by atoms with Gasteiger partial charge in [0, 0.05) is 6.54 Å². The van der Waals surface area contributed by atoms with Crippen molar-refractivity contribution in [2.45, 2.75) is 37.3 Å². The molecule has 196 valence electrons. The van der Waals surface area contributed by atoms with E-state index in [0.717, 1.165) is 0 Å². The van der Waals surface area contributed by atoms with Gasteiger partial charge in [-0.1, -0.05) is 30.3 Å². The van der Waals surface area contributed by atoms with Crippen LogP contribution in [0.25, 0.3) is 0 Å². The van der Waals surface area contributed by atoms with E-state index in [9.17, 15) is 34.4 Å². The van der Waals surface area contributed by atoms with Gasteiger partial charge in [-0.15, -0.1) is 0 Å². The average Bonchev–Trinajstić information content (AvgIpc) is 2.70. The van der Waals surface area contributed by atoms with Crippen LogP contribution in [0.4, 0.5) is 0 Å². The predicted molar refractivity (Wildman–Crippen MR) is 111 cm³/mol. The van der Waals surface area contributed by atoms with Crippen molar-refractivity contribution in [3.05, 3.63) is 35.9 Å². The van der Waals surface area contributed by atoms with Crippen LogP contribution in [0.5, 0.6) is 0 Å². The van der Waals surface area contributed by atoms with E-state index in [1.165, 1.54) is 0 Å². The van der Waals surface area contributed by atoms with Gasteiger partial charge in [-0.2, -0.15) is 30.0 Å². The Bertz CT molecular complexity index is 1100. The molecule has 5 atom stereocenters. The molecule has 1 aliphatic rings. The molecule has 0 amide bonds. The Morgan fingerprint density at radius 2 is 1.59 bits per heavy atom. The number of ether oxygens (including phenoxy) is 3. The summed E-state index contributed by atoms with van der Waals surface area (Å²) in [7, 11) is -15.3. The smallest absolute Gasteiger partial charge is 0.368 e. The maximum atomic E-state index is 11.5. The van der Waals surface area contributed by atoms with Crippen LogP contribution in [0, 0.1) is 0 Å². The predicted octanol–water partition coefficient (Wildman–Crippen LogP) is -1.96. The van der Waals surface area contributed by atoms with Gasteiger partial charge in [0.05, 0.1) is 19.8 Å². The zero-order valence-electron chi connectivity index (χ0n) is 17.2. The number of benzene rings is 1. The number of nitrogens with two attached hydrogens (primary N) is 1. The van der Waals surface area contributed by atoms with Gasteiger partial charge in [0.15, 0.2) is 6.29 Å². The summed E-state index contributed by atoms with van der Waals surface area (Å²) in [5.41, 5.74) is 5.89. The standard InChI is InChI=1S/C15H24N2O14S3/c16-6-7-27-15-12(17-32(18,19)20)14(31-34(24,25)26)13(11(30-15)9-29-33(21,22)23)28-8-10-4-2-1-3-5-10/h1-5,11-15,17H,6-9,16H2,(H,18,19,20)(H,21,22,23)(H,24,25,26)/t11-,12-,13-,14-,15+/m1/s1. The highest BCUT2D eigenvalue weighted by Crippen LogP contribution is 2.29. The topological polar surface area (TPSA) is 247 Å². The van der Waals surface area contributed by atoms with E-state index >= 15 is 0 Å². The Hall–Kier alpha value is -1.33. The van der Waals surface area contributed by atoms with E-state index in [1.807, 2.05) is 0 Å². The Labute approximate surface area is 196 Å². The van der Waals surface area contributed by atoms with Crippen LogP contribution >= 0.6 is 0 Å². The summed E-state index contributed by atoms with van der Waals surface area (Å²) in [5, 5.41) is 0. The summed E-state index contributed by atoms with van der Waals surface area (Å²) in [6.07, 6.45) is -6.98. The lowest BCUT2D eigenvalue weighted by molar-refractivity contribution is -0.272. The fourth-order valence-electron chi connectivity index (χ4n) is 3.04. The molecule has 0 radical (unpaired) electrons. The minimum absolute atomic E-state index is 0.109. The van der Waals surface area contributed by atoms with E-state index in [4.69, 9.17) is 24.5 Å². The molecule has 6 N–H and O–H groups in total. The fraction of sp³-hybridized carbons (Fsp3) is 0.600. The Kier molecular flexibility index (Phi) is 10.3. The summed E-state index contributed by atoms with van der Waals surface area (Å²) < 4.78 is 123. The highest BCUT2D eigenvalue weighted by atomic mass is 32.3. The first kappa shape index (κ1) is 28.9. The molecule has 1 fully saturated rings. The minimum atomic E-state index is -5.28. The van der Waals surface area contributed by atoms with Gasteiger partial charge in [0.25, 0.3) is 0 Å². The maximum Gasteiger partial charge on any atom is 0.397 e. The lowest BCUT2D eigenvalue weighted by Crippen LogP contribution is -2.66. The lowest BCUT2D eigenvalue weighted by Gasteiger charge is -2.44. The average molecular weight is 553 g/mol. The molecule has 0 bridgehead atoms. The summed E-state index contributed by atoms with van der Waals surface area (Å²) in [6, 6.07) is 6.39. The molecule has 1 aromatic rings. The molecule has 0 unspecified atom stereocenters. The summed E-state index contributed by atoms with van der Waals surface area (Å²) in [4.78, 5) is 0. The number of nitrogens with one attached hydrogen (secondary N) is 1. The van der Waals surface area contributed by atoms with Crippen molar-refractivity contribution in [3.63, 3.8) is 0 Å². The van der Waals surface area contributed by atoms with Gasteiger partial charge < -0.3 is 19.9 Å². The number of hydrogen-bond acceptors (Lipinski definition) is 12. The van der Waals surface area contributed by atoms with E-state index in [0.29, 0.717) is 5.56 Å². The quantitative estimate of drug-likeness (QED) is 0.167. The molecule has 34 heavy (non-hydrogen) atoms. The molecule has 1 aliphatic heterocycles. The van der Waals surface area contributed by atoms with Crippen molar-refractivity contribution in [3.8, 4) is 0 Å². The van der Waals surface area contributed by atoms with E-state index < -0.39 is 68.4 Å². The Morgan fingerprint density at radius 3 is 2.12 bits per heavy atom. The molecule has 0 aromatic heterocycles. The highest BCUT2D eigenvalue weighted by Gasteiger charge is 2.51. The molecule has 1 saturated heterocycles. The van der Waals surface area contributed by atoms with Crippen LogP contribution in [0.3, 0.4) is 0 Å². The van der Waals surface area contributed by atoms with Crippen LogP contribution in [-0.2, 0) is 60.3 Å². The van der Waals surface area contributed by atoms with Crippen LogP contribution in [0.1, 0.15) is 5.56 Å². The van der Waals surface area contributed by atoms with Crippen molar-refractivity contribution in [2.24, 2.45) is 5.73 Å². The monoisotopic (exact) mass is 552 g/mol. The van der Waals surface area contributed by atoms with Gasteiger partial charge in [-0.3, -0.25) is 13.7 Å². The summed E-state index contributed by atoms with van der Waals surface area (Å²) in [6.45, 7) is -1.60. The van der Waals surface area contributed by atoms with Crippen molar-refractivity contribution in [1.82, 2.24) is 4.72 Å². The molecule has 0 spiro atoms. The third kappa shape index (κ3) is 10.1. The molecule has 0 aliphatic carbocycles. The van der Waals surface area contributed by atoms with E-state index in [2.05, 4.69) is 8.37 Å². The molecular weight excluding hydrogens is 528 g/mol. The fourth-order valence-corrected chi connectivity index (χ4v) is 4.44. The van der Waals surface area contributed by atoms with Gasteiger partial charge >= 0.3 is 31.1 Å². The van der Waals surface area contributed by atoms with Gasteiger partial charge in [-0.25, -0.2) is 8.37 Å². The van der Waals surface area contributed by atoms with Gasteiger partial charge in [0.2, 0.25) is 0 Å². The second-order valence-electron chi connectivity index (χ2n) is 6.78. The normalized spacial score (nSPS) is 26.4. The van der Waals surface area contributed by atoms with Crippen molar-refractivity contribution in [2.75, 3.05) is 19.8 Å². The van der Waals surface area contributed by atoms with Gasteiger partial charge in [0.1, 0.15) is 24.4 Å². The first-order valence-electron chi connectivity index (χ1n) is 9.33. The molecule has 16 nitrogen and oxygen atoms in total. The van der Waals surface area contributed by atoms with Crippen molar-refractivity contribution >= 4 is 31.1 Å². The zero-order valence-corrected chi connectivity index (χ0v) is 19.7. The number of hydrogen-bond donors (Lipinski definition) is 5. The van der Waals surface area contributed by atoms with E-state index in [-0.39, 0.29) is 19.8 Å². The summed E-state index contributed by atoms with van der Waals surface area (Å²) in [5.74, 6) is 0. The molecule has 19 heteroatoms. The van der Waals surface area contributed by atoms with Crippen LogP contribution < -0.4 is 10.5 Å². The van der Waals surface area contributed by atoms with Crippen LogP contribution in [0.2, 0.25) is 0 Å². The molecule has 1 aromatic carbocycles. The SMILES string of the molecule is NCCO[C@H]1O[C@H](COS(=O)(=O)O)[C@@H](OCc2ccccc2)[C@H](OS(=O)(=O)O)[C@H]1NS(=O)(=O)O. The van der Waals surface area contributed by atoms with E-state index in [1.54, 1.807) is 35.1 Å². The second-order valence-corrected chi connectivity index (χ2v) is 10.1. The first-order chi connectivity index (χ1) is 15.7. The third-order valence-corrected chi connectivity index (χ3v) is 5.70. The zero-order chi connectivity index (χ0) is 25.6. The highest BCUT2D eigenvalue weighted by molar-refractivity contribution is 7.83. The molecular formula is C15H24N2O14S3. The Balaban J connectivity index is 2.48.